The van der Waals surface area contributed by atoms with Crippen molar-refractivity contribution in [3.8, 4) is 0 Å². The Bertz CT molecular complexity index is 662. The van der Waals surface area contributed by atoms with Gasteiger partial charge in [-0.3, -0.25) is 10.1 Å². The Balaban J connectivity index is 0.00000264. The highest BCUT2D eigenvalue weighted by Gasteiger charge is 2.05. The summed E-state index contributed by atoms with van der Waals surface area (Å²) in [6.07, 6.45) is 0.855. The van der Waals surface area contributed by atoms with Gasteiger partial charge in [-0.15, -0.1) is 24.0 Å². The first-order chi connectivity index (χ1) is 10.6. The minimum atomic E-state index is -0.422. The fourth-order valence-electron chi connectivity index (χ4n) is 1.98. The van der Waals surface area contributed by atoms with Crippen LogP contribution in [0.25, 0.3) is 0 Å². The van der Waals surface area contributed by atoms with Gasteiger partial charge in [0, 0.05) is 18.7 Å². The van der Waals surface area contributed by atoms with Gasteiger partial charge in [0.1, 0.15) is 0 Å². The average molecular weight is 426 g/mol. The molecule has 0 radical (unpaired) electrons. The molecule has 3 N–H and O–H groups in total. The van der Waals surface area contributed by atoms with Crippen molar-refractivity contribution in [2.24, 2.45) is 10.7 Å². The van der Waals surface area contributed by atoms with Crippen LogP contribution in [0.3, 0.4) is 0 Å². The van der Waals surface area contributed by atoms with Crippen LogP contribution in [0.2, 0.25) is 0 Å². The fraction of sp³-hybridized carbons (Fsp3) is 0.188. The first-order valence-electron chi connectivity index (χ1n) is 6.96. The van der Waals surface area contributed by atoms with Gasteiger partial charge in [-0.05, 0) is 17.5 Å². The van der Waals surface area contributed by atoms with E-state index in [0.717, 1.165) is 12.0 Å². The Labute approximate surface area is 152 Å². The SMILES string of the molecule is I.NC(=NCc1cccc([N+](=O)[O-])c1)NCCc1ccccc1. The summed E-state index contributed by atoms with van der Waals surface area (Å²) in [6.45, 7) is 1.00. The Morgan fingerprint density at radius 1 is 1.13 bits per heavy atom. The zero-order valence-electron chi connectivity index (χ0n) is 12.5. The number of nitrogens with zero attached hydrogens (tertiary/aromatic N) is 2. The third kappa shape index (κ3) is 6.64. The molecule has 0 unspecified atom stereocenters. The normalized spacial score (nSPS) is 10.7. The minimum absolute atomic E-state index is 0. The molecule has 2 aromatic carbocycles. The monoisotopic (exact) mass is 426 g/mol. The quantitative estimate of drug-likeness (QED) is 0.244. The van der Waals surface area contributed by atoms with Gasteiger partial charge in [-0.2, -0.15) is 0 Å². The molecule has 0 heterocycles. The molecule has 2 aromatic rings. The van der Waals surface area contributed by atoms with Gasteiger partial charge < -0.3 is 11.1 Å². The number of aliphatic imine (C=N–C) groups is 1. The van der Waals surface area contributed by atoms with Gasteiger partial charge in [0.2, 0.25) is 0 Å². The molecule has 0 fully saturated rings. The van der Waals surface area contributed by atoms with Crippen molar-refractivity contribution in [3.63, 3.8) is 0 Å². The van der Waals surface area contributed by atoms with Gasteiger partial charge in [0.25, 0.3) is 5.69 Å². The number of benzene rings is 2. The molecule has 122 valence electrons. The molecule has 0 aromatic heterocycles. The van der Waals surface area contributed by atoms with Gasteiger partial charge >= 0.3 is 0 Å². The second-order valence-corrected chi connectivity index (χ2v) is 4.79. The smallest absolute Gasteiger partial charge is 0.269 e. The number of nitro groups is 1. The summed E-state index contributed by atoms with van der Waals surface area (Å²) < 4.78 is 0. The molecule has 0 saturated heterocycles. The lowest BCUT2D eigenvalue weighted by Gasteiger charge is -2.06. The van der Waals surface area contributed by atoms with Crippen LogP contribution >= 0.6 is 24.0 Å². The van der Waals surface area contributed by atoms with E-state index in [1.807, 2.05) is 18.2 Å². The number of rotatable bonds is 6. The van der Waals surface area contributed by atoms with E-state index in [9.17, 15) is 10.1 Å². The van der Waals surface area contributed by atoms with Gasteiger partial charge in [0.05, 0.1) is 11.5 Å². The summed E-state index contributed by atoms with van der Waals surface area (Å²) in [4.78, 5) is 14.5. The van der Waals surface area contributed by atoms with Crippen molar-refractivity contribution in [2.75, 3.05) is 6.54 Å². The summed E-state index contributed by atoms with van der Waals surface area (Å²) in [5, 5.41) is 13.7. The number of halogens is 1. The molecule has 0 saturated carbocycles. The molecule has 6 nitrogen and oxygen atoms in total. The zero-order valence-corrected chi connectivity index (χ0v) is 14.8. The first kappa shape index (κ1) is 18.9. The van der Waals surface area contributed by atoms with Crippen LogP contribution in [-0.4, -0.2) is 17.4 Å². The second kappa shape index (κ2) is 9.78. The third-order valence-electron chi connectivity index (χ3n) is 3.12. The molecular formula is C16H19IN4O2. The van der Waals surface area contributed by atoms with E-state index in [2.05, 4.69) is 22.4 Å². The van der Waals surface area contributed by atoms with Crippen molar-refractivity contribution in [1.29, 1.82) is 0 Å². The Hall–Kier alpha value is -2.16. The molecule has 2 rings (SSSR count). The second-order valence-electron chi connectivity index (χ2n) is 4.79. The number of nitrogens with two attached hydrogens (primary N) is 1. The molecular weight excluding hydrogens is 407 g/mol. The summed E-state index contributed by atoms with van der Waals surface area (Å²) in [5.74, 6) is 0.336. The highest BCUT2D eigenvalue weighted by molar-refractivity contribution is 14.0. The summed E-state index contributed by atoms with van der Waals surface area (Å²) >= 11 is 0. The summed E-state index contributed by atoms with van der Waals surface area (Å²) in [5.41, 5.74) is 7.82. The number of non-ortho nitro benzene ring substituents is 1. The van der Waals surface area contributed by atoms with Crippen molar-refractivity contribution >= 4 is 35.6 Å². The zero-order chi connectivity index (χ0) is 15.8. The van der Waals surface area contributed by atoms with E-state index in [4.69, 9.17) is 5.73 Å². The van der Waals surface area contributed by atoms with Crippen LogP contribution < -0.4 is 11.1 Å². The number of nitro benzene ring substituents is 1. The molecule has 0 amide bonds. The standard InChI is InChI=1S/C16H18N4O2.HI/c17-16(18-10-9-13-5-2-1-3-6-13)19-12-14-7-4-8-15(11-14)20(21)22;/h1-8,11H,9-10,12H2,(H3,17,18,19);1H. The number of guanidine groups is 1. The Kier molecular flexibility index (Phi) is 8.03. The van der Waals surface area contributed by atoms with Crippen LogP contribution in [0.15, 0.2) is 59.6 Å². The maximum absolute atomic E-state index is 10.7. The summed E-state index contributed by atoms with van der Waals surface area (Å²) in [6, 6.07) is 16.5. The van der Waals surface area contributed by atoms with Crippen molar-refractivity contribution < 1.29 is 4.92 Å². The van der Waals surface area contributed by atoms with Gasteiger partial charge in [-0.1, -0.05) is 42.5 Å². The lowest BCUT2D eigenvalue weighted by Crippen LogP contribution is -2.33. The van der Waals surface area contributed by atoms with Crippen LogP contribution in [0.4, 0.5) is 5.69 Å². The molecule has 0 aliphatic heterocycles. The molecule has 23 heavy (non-hydrogen) atoms. The van der Waals surface area contributed by atoms with Crippen LogP contribution in [0.1, 0.15) is 11.1 Å². The van der Waals surface area contributed by atoms with E-state index in [1.54, 1.807) is 12.1 Å². The van der Waals surface area contributed by atoms with Crippen LogP contribution in [-0.2, 0) is 13.0 Å². The number of nitrogens with one attached hydrogen (secondary N) is 1. The lowest BCUT2D eigenvalue weighted by molar-refractivity contribution is -0.384. The van der Waals surface area contributed by atoms with E-state index >= 15 is 0 Å². The van der Waals surface area contributed by atoms with E-state index < -0.39 is 4.92 Å². The molecule has 7 heteroatoms. The van der Waals surface area contributed by atoms with Gasteiger partial charge in [0.15, 0.2) is 5.96 Å². The average Bonchev–Trinajstić information content (AvgIpc) is 2.54. The van der Waals surface area contributed by atoms with Crippen LogP contribution in [0.5, 0.6) is 0 Å². The van der Waals surface area contributed by atoms with E-state index in [0.29, 0.717) is 19.0 Å². The predicted octanol–water partition coefficient (Wildman–Crippen LogP) is 2.86. The fourth-order valence-corrected chi connectivity index (χ4v) is 1.98. The molecule has 0 aliphatic carbocycles. The van der Waals surface area contributed by atoms with Gasteiger partial charge in [-0.25, -0.2) is 4.99 Å². The Morgan fingerprint density at radius 2 is 1.83 bits per heavy atom. The van der Waals surface area contributed by atoms with Crippen molar-refractivity contribution in [2.45, 2.75) is 13.0 Å². The molecule has 0 spiro atoms. The molecule has 0 aliphatic rings. The maximum Gasteiger partial charge on any atom is 0.269 e. The Morgan fingerprint density at radius 3 is 2.52 bits per heavy atom. The highest BCUT2D eigenvalue weighted by Crippen LogP contribution is 2.13. The van der Waals surface area contributed by atoms with Crippen molar-refractivity contribution in [3.05, 3.63) is 75.8 Å². The number of hydrogen-bond donors (Lipinski definition) is 2. The first-order valence-corrected chi connectivity index (χ1v) is 6.96. The molecule has 0 atom stereocenters. The van der Waals surface area contributed by atoms with Crippen molar-refractivity contribution in [1.82, 2.24) is 5.32 Å². The minimum Gasteiger partial charge on any atom is -0.370 e. The third-order valence-corrected chi connectivity index (χ3v) is 3.12. The topological polar surface area (TPSA) is 93.5 Å². The predicted molar refractivity (Wildman–Crippen MR) is 102 cm³/mol. The summed E-state index contributed by atoms with van der Waals surface area (Å²) in [7, 11) is 0. The maximum atomic E-state index is 10.7. The largest absolute Gasteiger partial charge is 0.370 e. The van der Waals surface area contributed by atoms with E-state index in [-0.39, 0.29) is 29.7 Å². The lowest BCUT2D eigenvalue weighted by atomic mass is 10.1. The highest BCUT2D eigenvalue weighted by atomic mass is 127. The molecule has 0 bridgehead atoms. The van der Waals surface area contributed by atoms with E-state index in [1.165, 1.54) is 17.7 Å². The number of hydrogen-bond acceptors (Lipinski definition) is 3. The van der Waals surface area contributed by atoms with Crippen LogP contribution in [0, 0.1) is 10.1 Å².